The maximum atomic E-state index is 6.16. The van der Waals surface area contributed by atoms with Crippen molar-refractivity contribution >= 4 is 44.2 Å². The van der Waals surface area contributed by atoms with Crippen LogP contribution in [-0.4, -0.2) is 9.55 Å². The number of aryl methyl sites for hydroxylation is 1. The molecule has 104 valence electrons. The molecule has 0 N–H and O–H groups in total. The molecule has 0 saturated heterocycles. The molecule has 0 radical (unpaired) electrons. The maximum absolute atomic E-state index is 6.16. The number of hydrogen-bond acceptors (Lipinski definition) is 2. The van der Waals surface area contributed by atoms with E-state index in [1.807, 2.05) is 25.1 Å². The molecule has 0 fully saturated rings. The molecular formula is C17H13ClN2S. The highest BCUT2D eigenvalue weighted by Crippen LogP contribution is 2.34. The Morgan fingerprint density at radius 3 is 2.76 bits per heavy atom. The normalized spacial score (nSPS) is 11.5. The zero-order valence-electron chi connectivity index (χ0n) is 11.5. The molecule has 4 heteroatoms. The van der Waals surface area contributed by atoms with Crippen LogP contribution in [0.3, 0.4) is 0 Å². The Morgan fingerprint density at radius 2 is 1.95 bits per heavy atom. The van der Waals surface area contributed by atoms with E-state index in [1.54, 1.807) is 11.3 Å². The molecule has 2 aromatic heterocycles. The minimum absolute atomic E-state index is 0.756. The lowest BCUT2D eigenvalue weighted by atomic mass is 10.2. The van der Waals surface area contributed by atoms with Gasteiger partial charge >= 0.3 is 0 Å². The monoisotopic (exact) mass is 312 g/mol. The van der Waals surface area contributed by atoms with Gasteiger partial charge in [0.25, 0.3) is 0 Å². The summed E-state index contributed by atoms with van der Waals surface area (Å²) in [7, 11) is 0. The largest absolute Gasteiger partial charge is 0.326 e. The molecule has 4 rings (SSSR count). The molecule has 0 spiro atoms. The van der Waals surface area contributed by atoms with Crippen LogP contribution in [0.1, 0.15) is 10.6 Å². The third-order valence-electron chi connectivity index (χ3n) is 3.65. The predicted octanol–water partition coefficient (Wildman–Crippen LogP) is 5.26. The van der Waals surface area contributed by atoms with E-state index in [4.69, 9.17) is 11.6 Å². The molecule has 0 unspecified atom stereocenters. The summed E-state index contributed by atoms with van der Waals surface area (Å²) >= 11 is 7.90. The van der Waals surface area contributed by atoms with Gasteiger partial charge in [-0.2, -0.15) is 0 Å². The molecule has 0 atom stereocenters. The lowest BCUT2D eigenvalue weighted by Crippen LogP contribution is -1.97. The van der Waals surface area contributed by atoms with E-state index in [0.717, 1.165) is 27.5 Å². The van der Waals surface area contributed by atoms with Crippen LogP contribution in [0.2, 0.25) is 5.02 Å². The zero-order valence-corrected chi connectivity index (χ0v) is 13.1. The van der Waals surface area contributed by atoms with Crippen molar-refractivity contribution in [3.63, 3.8) is 0 Å². The average Bonchev–Trinajstić information content (AvgIpc) is 2.98. The quantitative estimate of drug-likeness (QED) is 0.493. The first kappa shape index (κ1) is 12.9. The van der Waals surface area contributed by atoms with Crippen molar-refractivity contribution < 1.29 is 0 Å². The number of benzene rings is 2. The standard InChI is InChI=1S/C17H13ClN2S/c1-11-19-16-14-9-13(18)7-8-15(14)20(17(16)21-11)10-12-5-3-2-4-6-12/h2-9H,10H2,1H3. The van der Waals surface area contributed by atoms with Crippen LogP contribution in [0.15, 0.2) is 48.5 Å². The SMILES string of the molecule is Cc1nc2c3cc(Cl)ccc3n(Cc3ccccc3)c2s1. The molecule has 2 heterocycles. The van der Waals surface area contributed by atoms with Gasteiger partial charge in [-0.15, -0.1) is 11.3 Å². The molecule has 0 saturated carbocycles. The van der Waals surface area contributed by atoms with Gasteiger partial charge < -0.3 is 4.57 Å². The average molecular weight is 313 g/mol. The summed E-state index contributed by atoms with van der Waals surface area (Å²) in [5.74, 6) is 0. The zero-order chi connectivity index (χ0) is 14.4. The van der Waals surface area contributed by atoms with E-state index in [-0.39, 0.29) is 0 Å². The van der Waals surface area contributed by atoms with E-state index in [2.05, 4.69) is 39.9 Å². The smallest absolute Gasteiger partial charge is 0.124 e. The number of nitrogens with zero attached hydrogens (tertiary/aromatic N) is 2. The number of fused-ring (bicyclic) bond motifs is 3. The Balaban J connectivity index is 2.00. The highest BCUT2D eigenvalue weighted by Gasteiger charge is 2.15. The molecule has 0 bridgehead atoms. The Kier molecular flexibility index (Phi) is 2.98. The highest BCUT2D eigenvalue weighted by atomic mass is 35.5. The fourth-order valence-corrected chi connectivity index (χ4v) is 3.85. The molecule has 2 aromatic carbocycles. The topological polar surface area (TPSA) is 17.8 Å². The van der Waals surface area contributed by atoms with Crippen molar-refractivity contribution in [1.29, 1.82) is 0 Å². The predicted molar refractivity (Wildman–Crippen MR) is 90.4 cm³/mol. The van der Waals surface area contributed by atoms with Crippen LogP contribution in [0.25, 0.3) is 21.3 Å². The van der Waals surface area contributed by atoms with E-state index in [0.29, 0.717) is 0 Å². The highest BCUT2D eigenvalue weighted by molar-refractivity contribution is 7.18. The van der Waals surface area contributed by atoms with Crippen LogP contribution >= 0.6 is 22.9 Å². The summed E-state index contributed by atoms with van der Waals surface area (Å²) in [6.07, 6.45) is 0. The maximum Gasteiger partial charge on any atom is 0.124 e. The summed E-state index contributed by atoms with van der Waals surface area (Å²) in [5.41, 5.74) is 3.54. The molecule has 21 heavy (non-hydrogen) atoms. The van der Waals surface area contributed by atoms with E-state index in [9.17, 15) is 0 Å². The number of halogens is 1. The summed E-state index contributed by atoms with van der Waals surface area (Å²) < 4.78 is 2.33. The summed E-state index contributed by atoms with van der Waals surface area (Å²) in [6, 6.07) is 16.6. The van der Waals surface area contributed by atoms with Gasteiger partial charge in [0.1, 0.15) is 10.3 Å². The van der Waals surface area contributed by atoms with Crippen molar-refractivity contribution in [3.05, 3.63) is 64.1 Å². The lowest BCUT2D eigenvalue weighted by molar-refractivity contribution is 0.875. The summed E-state index contributed by atoms with van der Waals surface area (Å²) in [5, 5.41) is 2.98. The second-order valence-corrected chi connectivity index (χ2v) is 6.74. The first-order valence-electron chi connectivity index (χ1n) is 6.81. The van der Waals surface area contributed by atoms with Gasteiger partial charge in [-0.25, -0.2) is 4.98 Å². The minimum atomic E-state index is 0.756. The van der Waals surface area contributed by atoms with Crippen molar-refractivity contribution in [1.82, 2.24) is 9.55 Å². The van der Waals surface area contributed by atoms with E-state index < -0.39 is 0 Å². The Labute approximate surface area is 131 Å². The van der Waals surface area contributed by atoms with Crippen molar-refractivity contribution in [2.45, 2.75) is 13.5 Å². The fourth-order valence-electron chi connectivity index (χ4n) is 2.74. The molecule has 0 amide bonds. The van der Waals surface area contributed by atoms with Crippen molar-refractivity contribution in [2.75, 3.05) is 0 Å². The summed E-state index contributed by atoms with van der Waals surface area (Å²) in [4.78, 5) is 5.90. The van der Waals surface area contributed by atoms with E-state index >= 15 is 0 Å². The third kappa shape index (κ3) is 2.13. The van der Waals surface area contributed by atoms with Gasteiger partial charge in [0, 0.05) is 17.0 Å². The fraction of sp³-hybridized carbons (Fsp3) is 0.118. The Morgan fingerprint density at radius 1 is 1.14 bits per heavy atom. The van der Waals surface area contributed by atoms with Crippen molar-refractivity contribution in [3.8, 4) is 0 Å². The molecule has 4 aromatic rings. The first-order chi connectivity index (χ1) is 10.2. The molecule has 0 aliphatic rings. The second-order valence-electron chi connectivity index (χ2n) is 5.12. The van der Waals surface area contributed by atoms with Gasteiger partial charge in [0.05, 0.1) is 10.5 Å². The number of rotatable bonds is 2. The third-order valence-corrected chi connectivity index (χ3v) is 4.88. The number of thiazole rings is 1. The number of aromatic nitrogens is 2. The lowest BCUT2D eigenvalue weighted by Gasteiger charge is -2.06. The van der Waals surface area contributed by atoms with Gasteiger partial charge in [-0.3, -0.25) is 0 Å². The molecular weight excluding hydrogens is 300 g/mol. The minimum Gasteiger partial charge on any atom is -0.326 e. The van der Waals surface area contributed by atoms with Gasteiger partial charge in [-0.05, 0) is 30.7 Å². The van der Waals surface area contributed by atoms with Gasteiger partial charge in [0.2, 0.25) is 0 Å². The van der Waals surface area contributed by atoms with Crippen LogP contribution in [0.5, 0.6) is 0 Å². The van der Waals surface area contributed by atoms with Crippen LogP contribution < -0.4 is 0 Å². The van der Waals surface area contributed by atoms with Crippen LogP contribution in [0.4, 0.5) is 0 Å². The molecule has 2 nitrogen and oxygen atoms in total. The molecule has 0 aliphatic heterocycles. The summed E-state index contributed by atoms with van der Waals surface area (Å²) in [6.45, 7) is 2.90. The van der Waals surface area contributed by atoms with Crippen LogP contribution in [-0.2, 0) is 6.54 Å². The van der Waals surface area contributed by atoms with Gasteiger partial charge in [-0.1, -0.05) is 41.9 Å². The Hall–Kier alpha value is -1.84. The van der Waals surface area contributed by atoms with E-state index in [1.165, 1.54) is 15.9 Å². The van der Waals surface area contributed by atoms with Crippen molar-refractivity contribution in [2.24, 2.45) is 0 Å². The van der Waals surface area contributed by atoms with Crippen LogP contribution in [0, 0.1) is 6.92 Å². The molecule has 0 aliphatic carbocycles. The number of hydrogen-bond donors (Lipinski definition) is 0. The Bertz CT molecular complexity index is 938. The second kappa shape index (κ2) is 4.86. The first-order valence-corrected chi connectivity index (χ1v) is 8.00. The van der Waals surface area contributed by atoms with Gasteiger partial charge in [0.15, 0.2) is 0 Å².